The summed E-state index contributed by atoms with van der Waals surface area (Å²) >= 11 is 12.6. The number of hydrogen-bond acceptors (Lipinski definition) is 3. The topological polar surface area (TPSA) is 20.3 Å². The maximum absolute atomic E-state index is 12.2. The normalized spacial score (nSPS) is 20.1. The number of thioether (sulfide) groups is 1. The van der Waals surface area contributed by atoms with Gasteiger partial charge in [-0.3, -0.25) is 9.69 Å². The van der Waals surface area contributed by atoms with Crippen molar-refractivity contribution in [1.29, 1.82) is 0 Å². The van der Waals surface area contributed by atoms with Gasteiger partial charge in [0.1, 0.15) is 4.32 Å². The van der Waals surface area contributed by atoms with Crippen molar-refractivity contribution >= 4 is 51.5 Å². The molecule has 0 saturated carbocycles. The van der Waals surface area contributed by atoms with Crippen LogP contribution in [0.25, 0.3) is 0 Å². The summed E-state index contributed by atoms with van der Waals surface area (Å²) in [4.78, 5) is 13.8. The number of hydrogen-bond donors (Lipinski definition) is 0. The lowest BCUT2D eigenvalue weighted by atomic mass is 10.2. The van der Waals surface area contributed by atoms with Crippen LogP contribution in [0.15, 0.2) is 24.3 Å². The summed E-state index contributed by atoms with van der Waals surface area (Å²) in [6.07, 6.45) is 1.86. The maximum Gasteiger partial charge on any atom is 0.246 e. The van der Waals surface area contributed by atoms with Gasteiger partial charge in [0.25, 0.3) is 0 Å². The van der Waals surface area contributed by atoms with Crippen LogP contribution in [0.5, 0.6) is 0 Å². The molecule has 1 aromatic rings. The summed E-state index contributed by atoms with van der Waals surface area (Å²) in [6, 6.07) is 7.18. The molecule has 1 saturated heterocycles. The van der Waals surface area contributed by atoms with Gasteiger partial charge in [0.2, 0.25) is 5.91 Å². The van der Waals surface area contributed by atoms with Gasteiger partial charge in [-0.2, -0.15) is 0 Å². The Morgan fingerprint density at radius 3 is 2.65 bits per heavy atom. The molecule has 0 spiro atoms. The molecule has 0 aliphatic carbocycles. The molecule has 90 valence electrons. The van der Waals surface area contributed by atoms with E-state index in [0.29, 0.717) is 9.34 Å². The molecule has 2 nitrogen and oxygen atoms in total. The summed E-state index contributed by atoms with van der Waals surface area (Å²) in [6.45, 7) is 2.07. The number of thiocarbonyl (C=S) groups is 1. The lowest BCUT2D eigenvalue weighted by molar-refractivity contribution is -0.117. The van der Waals surface area contributed by atoms with Gasteiger partial charge >= 0.3 is 0 Å². The maximum atomic E-state index is 12.2. The number of benzene rings is 1. The molecule has 17 heavy (non-hydrogen) atoms. The van der Waals surface area contributed by atoms with E-state index in [1.54, 1.807) is 17.0 Å². The third-order valence-corrected chi connectivity index (χ3v) is 4.39. The van der Waals surface area contributed by atoms with Crippen LogP contribution >= 0.6 is 35.6 Å². The molecule has 1 unspecified atom stereocenters. The van der Waals surface area contributed by atoms with E-state index in [1.165, 1.54) is 11.8 Å². The molecule has 1 atom stereocenters. The first-order valence-corrected chi connectivity index (χ1v) is 7.10. The van der Waals surface area contributed by atoms with E-state index in [2.05, 4.69) is 6.92 Å². The zero-order chi connectivity index (χ0) is 12.4. The standard InChI is InChI=1S/C12H12ClNOS2/c1-2-3-10-11(15)14(12(16)17-10)9-6-4-8(13)5-7-9/h4-7,10H,2-3H2,1H3. The Morgan fingerprint density at radius 1 is 1.41 bits per heavy atom. The van der Waals surface area contributed by atoms with Gasteiger partial charge in [0.15, 0.2) is 0 Å². The molecule has 1 aliphatic heterocycles. The smallest absolute Gasteiger partial charge is 0.246 e. The van der Waals surface area contributed by atoms with Crippen molar-refractivity contribution in [3.8, 4) is 0 Å². The van der Waals surface area contributed by atoms with E-state index in [-0.39, 0.29) is 11.2 Å². The SMILES string of the molecule is CCCC1SC(=S)N(c2ccc(Cl)cc2)C1=O. The number of anilines is 1. The van der Waals surface area contributed by atoms with Crippen molar-refractivity contribution in [2.24, 2.45) is 0 Å². The van der Waals surface area contributed by atoms with Crippen molar-refractivity contribution < 1.29 is 4.79 Å². The van der Waals surface area contributed by atoms with Gasteiger partial charge in [-0.1, -0.05) is 48.9 Å². The van der Waals surface area contributed by atoms with Crippen LogP contribution < -0.4 is 4.90 Å². The second kappa shape index (κ2) is 5.38. The van der Waals surface area contributed by atoms with E-state index < -0.39 is 0 Å². The minimum Gasteiger partial charge on any atom is -0.273 e. The second-order valence-electron chi connectivity index (χ2n) is 3.81. The van der Waals surface area contributed by atoms with E-state index in [4.69, 9.17) is 23.8 Å². The number of carbonyl (C=O) groups excluding carboxylic acids is 1. The lowest BCUT2D eigenvalue weighted by Crippen LogP contribution is -2.31. The molecule has 0 N–H and O–H groups in total. The Balaban J connectivity index is 2.24. The summed E-state index contributed by atoms with van der Waals surface area (Å²) in [7, 11) is 0. The van der Waals surface area contributed by atoms with Crippen LogP contribution in [0, 0.1) is 0 Å². The molecule has 0 bridgehead atoms. The van der Waals surface area contributed by atoms with E-state index in [0.717, 1.165) is 18.5 Å². The van der Waals surface area contributed by atoms with Crippen molar-refractivity contribution in [3.05, 3.63) is 29.3 Å². The minimum absolute atomic E-state index is 0.0248. The summed E-state index contributed by atoms with van der Waals surface area (Å²) < 4.78 is 0.635. The zero-order valence-electron chi connectivity index (χ0n) is 9.35. The molecule has 1 amide bonds. The first-order chi connectivity index (χ1) is 8.13. The molecule has 0 radical (unpaired) electrons. The monoisotopic (exact) mass is 285 g/mol. The Bertz CT molecular complexity index is 446. The van der Waals surface area contributed by atoms with Gasteiger partial charge in [-0.25, -0.2) is 0 Å². The summed E-state index contributed by atoms with van der Waals surface area (Å²) in [5.74, 6) is 0.0872. The summed E-state index contributed by atoms with van der Waals surface area (Å²) in [5, 5.41) is 0.632. The van der Waals surface area contributed by atoms with Gasteiger partial charge in [-0.15, -0.1) is 0 Å². The van der Waals surface area contributed by atoms with Crippen LogP contribution in [0.4, 0.5) is 5.69 Å². The van der Waals surface area contributed by atoms with Crippen LogP contribution in [0.2, 0.25) is 5.02 Å². The predicted molar refractivity (Wildman–Crippen MR) is 77.8 cm³/mol. The number of rotatable bonds is 3. The molecule has 1 heterocycles. The number of halogens is 1. The van der Waals surface area contributed by atoms with Crippen LogP contribution in [-0.4, -0.2) is 15.5 Å². The highest BCUT2D eigenvalue weighted by atomic mass is 35.5. The molecule has 1 fully saturated rings. The Hall–Kier alpha value is -0.580. The number of nitrogens with zero attached hydrogens (tertiary/aromatic N) is 1. The quantitative estimate of drug-likeness (QED) is 0.786. The fourth-order valence-electron chi connectivity index (χ4n) is 1.73. The average molecular weight is 286 g/mol. The number of carbonyl (C=O) groups is 1. The van der Waals surface area contributed by atoms with Crippen molar-refractivity contribution in [2.75, 3.05) is 4.90 Å². The number of amides is 1. The van der Waals surface area contributed by atoms with Crippen molar-refractivity contribution in [2.45, 2.75) is 25.0 Å². The fourth-order valence-corrected chi connectivity index (χ4v) is 3.50. The third-order valence-electron chi connectivity index (χ3n) is 2.56. The van der Waals surface area contributed by atoms with Crippen molar-refractivity contribution in [1.82, 2.24) is 0 Å². The molecule has 0 aromatic heterocycles. The Labute approximate surface area is 115 Å². The van der Waals surface area contributed by atoms with Gasteiger partial charge in [0.05, 0.1) is 10.9 Å². The Kier molecular flexibility index (Phi) is 4.07. The van der Waals surface area contributed by atoms with E-state index >= 15 is 0 Å². The highest BCUT2D eigenvalue weighted by molar-refractivity contribution is 8.25. The van der Waals surface area contributed by atoms with Crippen molar-refractivity contribution in [3.63, 3.8) is 0 Å². The highest BCUT2D eigenvalue weighted by Gasteiger charge is 2.36. The molecule has 1 aromatic carbocycles. The average Bonchev–Trinajstić information content (AvgIpc) is 2.57. The van der Waals surface area contributed by atoms with Crippen LogP contribution in [0.1, 0.15) is 19.8 Å². The lowest BCUT2D eigenvalue weighted by Gasteiger charge is -2.15. The Morgan fingerprint density at radius 2 is 2.06 bits per heavy atom. The minimum atomic E-state index is -0.0248. The molecule has 2 rings (SSSR count). The van der Waals surface area contributed by atoms with Gasteiger partial charge in [0, 0.05) is 5.02 Å². The first-order valence-electron chi connectivity index (χ1n) is 5.43. The third kappa shape index (κ3) is 2.64. The predicted octanol–water partition coefficient (Wildman–Crippen LogP) is 3.87. The summed E-state index contributed by atoms with van der Waals surface area (Å²) in [5.41, 5.74) is 0.801. The first kappa shape index (κ1) is 12.9. The highest BCUT2D eigenvalue weighted by Crippen LogP contribution is 2.34. The van der Waals surface area contributed by atoms with Crippen LogP contribution in [-0.2, 0) is 4.79 Å². The molecular weight excluding hydrogens is 274 g/mol. The largest absolute Gasteiger partial charge is 0.273 e. The zero-order valence-corrected chi connectivity index (χ0v) is 11.7. The van der Waals surface area contributed by atoms with Crippen LogP contribution in [0.3, 0.4) is 0 Å². The van der Waals surface area contributed by atoms with E-state index in [1.807, 2.05) is 12.1 Å². The molecular formula is C12H12ClNOS2. The fraction of sp³-hybridized carbons (Fsp3) is 0.333. The van der Waals surface area contributed by atoms with E-state index in [9.17, 15) is 4.79 Å². The molecule has 5 heteroatoms. The van der Waals surface area contributed by atoms with Gasteiger partial charge in [-0.05, 0) is 30.7 Å². The van der Waals surface area contributed by atoms with Gasteiger partial charge < -0.3 is 0 Å². The second-order valence-corrected chi connectivity index (χ2v) is 6.08. The molecule has 1 aliphatic rings.